The van der Waals surface area contributed by atoms with Gasteiger partial charge in [-0.05, 0) is 31.1 Å². The van der Waals surface area contributed by atoms with Gasteiger partial charge in [0.15, 0.2) is 0 Å². The molecule has 0 aromatic heterocycles. The van der Waals surface area contributed by atoms with Gasteiger partial charge in [-0.25, -0.2) is 0 Å². The largest absolute Gasteiger partial charge is 0.377 e. The second kappa shape index (κ2) is 6.91. The van der Waals surface area contributed by atoms with Crippen molar-refractivity contribution >= 4 is 0 Å². The Morgan fingerprint density at radius 2 is 1.67 bits per heavy atom. The number of hydrogen-bond donors (Lipinski definition) is 1. The number of rotatable bonds is 5. The summed E-state index contributed by atoms with van der Waals surface area (Å²) in [6, 6.07) is 0.211. The van der Waals surface area contributed by atoms with Crippen LogP contribution in [-0.2, 0) is 4.74 Å². The van der Waals surface area contributed by atoms with Gasteiger partial charge in [0.05, 0.1) is 5.60 Å². The maximum Gasteiger partial charge on any atom is 0.0828 e. The smallest absolute Gasteiger partial charge is 0.0828 e. The topological polar surface area (TPSA) is 35.2 Å². The molecule has 0 aliphatic heterocycles. The highest BCUT2D eigenvalue weighted by atomic mass is 16.5. The van der Waals surface area contributed by atoms with E-state index in [4.69, 9.17) is 10.5 Å². The van der Waals surface area contributed by atoms with Crippen molar-refractivity contribution < 1.29 is 4.74 Å². The lowest BCUT2D eigenvalue weighted by Gasteiger charge is -2.37. The van der Waals surface area contributed by atoms with Gasteiger partial charge in [-0.2, -0.15) is 0 Å². The van der Waals surface area contributed by atoms with Crippen LogP contribution in [0.5, 0.6) is 0 Å². The van der Waals surface area contributed by atoms with E-state index in [0.29, 0.717) is 5.41 Å². The van der Waals surface area contributed by atoms with Gasteiger partial charge in [0, 0.05) is 13.2 Å². The van der Waals surface area contributed by atoms with E-state index in [9.17, 15) is 0 Å². The highest BCUT2D eigenvalue weighted by Gasteiger charge is 2.36. The third-order valence-corrected chi connectivity index (χ3v) is 4.47. The molecular formula is C16H33NO. The normalized spacial score (nSPS) is 22.5. The van der Waals surface area contributed by atoms with Crippen molar-refractivity contribution in [2.75, 3.05) is 7.11 Å². The molecule has 0 radical (unpaired) electrons. The molecule has 1 unspecified atom stereocenters. The number of ether oxygens (including phenoxy) is 1. The van der Waals surface area contributed by atoms with Crippen molar-refractivity contribution in [3.63, 3.8) is 0 Å². The van der Waals surface area contributed by atoms with Crippen molar-refractivity contribution in [2.24, 2.45) is 11.1 Å². The molecule has 0 amide bonds. The number of methoxy groups -OCH3 is 1. The fraction of sp³-hybridized carbons (Fsp3) is 1.00. The minimum absolute atomic E-state index is 0.0333. The van der Waals surface area contributed by atoms with Crippen LogP contribution in [0.1, 0.15) is 78.6 Å². The van der Waals surface area contributed by atoms with Crippen LogP contribution < -0.4 is 5.73 Å². The zero-order valence-corrected chi connectivity index (χ0v) is 12.9. The number of nitrogens with two attached hydrogens (primary N) is 1. The molecule has 1 saturated carbocycles. The molecule has 0 bridgehead atoms. The summed E-state index contributed by atoms with van der Waals surface area (Å²) in [7, 11) is 1.86. The Bertz CT molecular complexity index is 224. The summed E-state index contributed by atoms with van der Waals surface area (Å²) in [5.74, 6) is 0. The second-order valence-electron chi connectivity index (χ2n) is 7.24. The molecule has 1 fully saturated rings. The first-order valence-corrected chi connectivity index (χ1v) is 7.70. The first-order valence-electron chi connectivity index (χ1n) is 7.70. The van der Waals surface area contributed by atoms with Gasteiger partial charge >= 0.3 is 0 Å². The van der Waals surface area contributed by atoms with Crippen molar-refractivity contribution in [1.29, 1.82) is 0 Å². The van der Waals surface area contributed by atoms with Crippen LogP contribution >= 0.6 is 0 Å². The average molecular weight is 255 g/mol. The minimum Gasteiger partial charge on any atom is -0.377 e. The van der Waals surface area contributed by atoms with Gasteiger partial charge in [-0.15, -0.1) is 0 Å². The molecular weight excluding hydrogens is 222 g/mol. The molecule has 2 nitrogen and oxygen atoms in total. The van der Waals surface area contributed by atoms with Crippen LogP contribution in [0.25, 0.3) is 0 Å². The van der Waals surface area contributed by atoms with Crippen LogP contribution in [-0.4, -0.2) is 18.8 Å². The fourth-order valence-electron chi connectivity index (χ4n) is 3.17. The van der Waals surface area contributed by atoms with Gasteiger partial charge in [0.2, 0.25) is 0 Å². The third-order valence-electron chi connectivity index (χ3n) is 4.47. The second-order valence-corrected chi connectivity index (χ2v) is 7.24. The van der Waals surface area contributed by atoms with Crippen molar-refractivity contribution in [3.8, 4) is 0 Å². The quantitative estimate of drug-likeness (QED) is 0.745. The average Bonchev–Trinajstić information content (AvgIpc) is 2.53. The molecule has 18 heavy (non-hydrogen) atoms. The summed E-state index contributed by atoms with van der Waals surface area (Å²) in [6.45, 7) is 6.91. The molecule has 2 N–H and O–H groups in total. The minimum atomic E-state index is -0.0333. The van der Waals surface area contributed by atoms with E-state index in [0.717, 1.165) is 19.3 Å². The Kier molecular flexibility index (Phi) is 6.13. The Hall–Kier alpha value is -0.0800. The molecule has 0 saturated heterocycles. The highest BCUT2D eigenvalue weighted by Crippen LogP contribution is 2.34. The van der Waals surface area contributed by atoms with Gasteiger partial charge in [0.25, 0.3) is 0 Å². The van der Waals surface area contributed by atoms with Gasteiger partial charge in [0.1, 0.15) is 0 Å². The van der Waals surface area contributed by atoms with E-state index in [2.05, 4.69) is 20.8 Å². The Morgan fingerprint density at radius 3 is 2.11 bits per heavy atom. The van der Waals surface area contributed by atoms with Gasteiger partial charge in [-0.1, -0.05) is 52.9 Å². The third kappa shape index (κ3) is 4.89. The first-order chi connectivity index (χ1) is 8.40. The molecule has 0 spiro atoms. The maximum atomic E-state index is 6.47. The van der Waals surface area contributed by atoms with Gasteiger partial charge in [-0.3, -0.25) is 0 Å². The Labute approximate surface area is 114 Å². The van der Waals surface area contributed by atoms with Crippen LogP contribution in [0, 0.1) is 5.41 Å². The molecule has 1 rings (SSSR count). The molecule has 1 aliphatic rings. The van der Waals surface area contributed by atoms with Crippen LogP contribution in [0.4, 0.5) is 0 Å². The van der Waals surface area contributed by atoms with Crippen LogP contribution in [0.2, 0.25) is 0 Å². The Morgan fingerprint density at radius 1 is 1.11 bits per heavy atom. The standard InChI is InChI=1S/C16H33NO/c1-15(2,3)11-9-10-14(17)16(18-4)12-7-5-6-8-13-16/h14H,5-13,17H2,1-4H3. The summed E-state index contributed by atoms with van der Waals surface area (Å²) in [5.41, 5.74) is 6.85. The zero-order chi connectivity index (χ0) is 13.6. The molecule has 1 atom stereocenters. The lowest BCUT2D eigenvalue weighted by atomic mass is 9.82. The molecule has 0 heterocycles. The molecule has 0 aromatic rings. The SMILES string of the molecule is COC1(C(N)CCCC(C)(C)C)CCCCCC1. The van der Waals surface area contributed by atoms with E-state index in [-0.39, 0.29) is 11.6 Å². The lowest BCUT2D eigenvalue weighted by Crippen LogP contribution is -2.49. The monoisotopic (exact) mass is 255 g/mol. The highest BCUT2D eigenvalue weighted by molar-refractivity contribution is 4.92. The first kappa shape index (κ1) is 16.0. The molecule has 1 aliphatic carbocycles. The van der Waals surface area contributed by atoms with E-state index in [1.807, 2.05) is 7.11 Å². The molecule has 108 valence electrons. The molecule has 0 aromatic carbocycles. The summed E-state index contributed by atoms with van der Waals surface area (Å²) in [5, 5.41) is 0. The Balaban J connectivity index is 2.47. The maximum absolute atomic E-state index is 6.47. The van der Waals surface area contributed by atoms with E-state index >= 15 is 0 Å². The van der Waals surface area contributed by atoms with Crippen molar-refractivity contribution in [3.05, 3.63) is 0 Å². The van der Waals surface area contributed by atoms with Crippen LogP contribution in [0.15, 0.2) is 0 Å². The molecule has 2 heteroatoms. The van der Waals surface area contributed by atoms with E-state index in [1.165, 1.54) is 38.5 Å². The number of hydrogen-bond acceptors (Lipinski definition) is 2. The predicted octanol–water partition coefficient (Wildman–Crippen LogP) is 4.27. The lowest BCUT2D eigenvalue weighted by molar-refractivity contribution is -0.0458. The van der Waals surface area contributed by atoms with E-state index in [1.54, 1.807) is 0 Å². The summed E-state index contributed by atoms with van der Waals surface area (Å²) in [6.07, 6.45) is 11.1. The van der Waals surface area contributed by atoms with E-state index < -0.39 is 0 Å². The van der Waals surface area contributed by atoms with Crippen LogP contribution in [0.3, 0.4) is 0 Å². The van der Waals surface area contributed by atoms with Crippen molar-refractivity contribution in [1.82, 2.24) is 0 Å². The summed E-state index contributed by atoms with van der Waals surface area (Å²) < 4.78 is 5.88. The summed E-state index contributed by atoms with van der Waals surface area (Å²) in [4.78, 5) is 0. The van der Waals surface area contributed by atoms with Gasteiger partial charge < -0.3 is 10.5 Å². The predicted molar refractivity (Wildman–Crippen MR) is 78.7 cm³/mol. The fourth-order valence-corrected chi connectivity index (χ4v) is 3.17. The summed E-state index contributed by atoms with van der Waals surface area (Å²) >= 11 is 0. The van der Waals surface area contributed by atoms with Crippen molar-refractivity contribution in [2.45, 2.75) is 90.2 Å². The zero-order valence-electron chi connectivity index (χ0n) is 12.9.